The van der Waals surface area contributed by atoms with Crippen molar-refractivity contribution < 1.29 is 4.39 Å². The van der Waals surface area contributed by atoms with Crippen LogP contribution in [0.15, 0.2) is 95.4 Å². The van der Waals surface area contributed by atoms with Gasteiger partial charge in [0.05, 0.1) is 23.3 Å². The highest BCUT2D eigenvalue weighted by Crippen LogP contribution is 2.30. The molecule has 0 unspecified atom stereocenters. The van der Waals surface area contributed by atoms with Crippen molar-refractivity contribution >= 4 is 17.5 Å². The van der Waals surface area contributed by atoms with Gasteiger partial charge in [0.2, 0.25) is 0 Å². The van der Waals surface area contributed by atoms with Gasteiger partial charge in [0.25, 0.3) is 0 Å². The minimum Gasteiger partial charge on any atom is -0.396 e. The molecule has 0 aromatic carbocycles. The molecule has 3 aliphatic carbocycles. The first kappa shape index (κ1) is 26.5. The Balaban J connectivity index is 1.37. The molecule has 3 aliphatic rings. The Hall–Kier alpha value is -4.10. The molecular formula is C32H35FN6. The molecule has 2 heterocycles. The molecule has 0 atom stereocenters. The fourth-order valence-electron chi connectivity index (χ4n) is 5.32. The third-order valence-corrected chi connectivity index (χ3v) is 7.66. The average Bonchev–Trinajstić information content (AvgIpc) is 3.29. The largest absolute Gasteiger partial charge is 0.396 e. The van der Waals surface area contributed by atoms with Crippen molar-refractivity contribution in [3.8, 4) is 0 Å². The Kier molecular flexibility index (Phi) is 7.98. The molecule has 1 fully saturated rings. The Bertz CT molecular complexity index is 1470. The Morgan fingerprint density at radius 1 is 1.10 bits per heavy atom. The van der Waals surface area contributed by atoms with E-state index in [1.807, 2.05) is 24.4 Å². The van der Waals surface area contributed by atoms with Crippen LogP contribution in [0.5, 0.6) is 0 Å². The molecule has 0 radical (unpaired) electrons. The number of aryl methyl sites for hydroxylation is 1. The number of fused-ring (bicyclic) bond motifs is 1. The smallest absolute Gasteiger partial charge is 0.144 e. The molecule has 0 aliphatic heterocycles. The summed E-state index contributed by atoms with van der Waals surface area (Å²) in [7, 11) is 0. The van der Waals surface area contributed by atoms with E-state index in [9.17, 15) is 4.39 Å². The van der Waals surface area contributed by atoms with E-state index in [4.69, 9.17) is 16.9 Å². The van der Waals surface area contributed by atoms with Gasteiger partial charge < -0.3 is 16.9 Å². The molecule has 1 saturated carbocycles. The summed E-state index contributed by atoms with van der Waals surface area (Å²) in [5.74, 6) is 0.258. The molecule has 5 N–H and O–H groups in total. The second-order valence-electron chi connectivity index (χ2n) is 10.4. The minimum absolute atomic E-state index is 0.271. The Morgan fingerprint density at radius 2 is 1.90 bits per heavy atom. The van der Waals surface area contributed by atoms with Crippen LogP contribution in [0.4, 0.5) is 4.39 Å². The zero-order valence-corrected chi connectivity index (χ0v) is 22.3. The maximum atomic E-state index is 13.7. The van der Waals surface area contributed by atoms with Gasteiger partial charge in [-0.3, -0.25) is 4.68 Å². The monoisotopic (exact) mass is 522 g/mol. The first-order chi connectivity index (χ1) is 18.9. The number of rotatable bonds is 6. The van der Waals surface area contributed by atoms with Gasteiger partial charge >= 0.3 is 0 Å². The zero-order chi connectivity index (χ0) is 27.4. The lowest BCUT2D eigenvalue weighted by molar-refractivity contribution is 0.286. The van der Waals surface area contributed by atoms with Gasteiger partial charge in [-0.25, -0.2) is 9.37 Å². The standard InChI is InChI=1S/C32H35FN6/c1-21-30(33)14-15-31(38-21)32(36)29(17-34)24-5-3-6-25-16-26(7-2-4-23(25)10-11-24)27-18-37-39(20-27)19-22-8-12-28(35)13-9-22/h3-7,10-11,14-18,20,22,28,34H,2,8-9,12-13,19,35-36H2,1H3/b6-3+,11-10?,24-5-,32-29?,34-17?. The highest BCUT2D eigenvalue weighted by atomic mass is 19.1. The topological polar surface area (TPSA) is 107 Å². The van der Waals surface area contributed by atoms with Gasteiger partial charge in [0.15, 0.2) is 0 Å². The third-order valence-electron chi connectivity index (χ3n) is 7.66. The van der Waals surface area contributed by atoms with Crippen LogP contribution in [-0.4, -0.2) is 27.0 Å². The summed E-state index contributed by atoms with van der Waals surface area (Å²) < 4.78 is 15.8. The number of nitrogens with two attached hydrogens (primary N) is 2. The van der Waals surface area contributed by atoms with Gasteiger partial charge in [-0.1, -0.05) is 42.5 Å². The second-order valence-corrected chi connectivity index (χ2v) is 10.4. The Labute approximate surface area is 229 Å². The van der Waals surface area contributed by atoms with E-state index in [-0.39, 0.29) is 11.5 Å². The number of nitrogens with zero attached hydrogens (tertiary/aromatic N) is 3. The summed E-state index contributed by atoms with van der Waals surface area (Å²) in [5, 5.41) is 12.7. The summed E-state index contributed by atoms with van der Waals surface area (Å²) in [6.45, 7) is 2.54. The van der Waals surface area contributed by atoms with E-state index in [0.29, 0.717) is 28.9 Å². The summed E-state index contributed by atoms with van der Waals surface area (Å²) in [4.78, 5) is 4.26. The van der Waals surface area contributed by atoms with Gasteiger partial charge in [-0.15, -0.1) is 0 Å². The molecule has 7 heteroatoms. The van der Waals surface area contributed by atoms with Crippen LogP contribution < -0.4 is 11.5 Å². The van der Waals surface area contributed by atoms with E-state index in [0.717, 1.165) is 53.7 Å². The van der Waals surface area contributed by atoms with Crippen LogP contribution in [0, 0.1) is 24.1 Å². The van der Waals surface area contributed by atoms with Crippen molar-refractivity contribution in [2.45, 2.75) is 51.6 Å². The number of hydrogen-bond acceptors (Lipinski definition) is 5. The van der Waals surface area contributed by atoms with Crippen LogP contribution in [0.3, 0.4) is 0 Å². The number of aromatic nitrogens is 3. The van der Waals surface area contributed by atoms with E-state index in [1.165, 1.54) is 25.1 Å². The highest BCUT2D eigenvalue weighted by molar-refractivity contribution is 5.94. The van der Waals surface area contributed by atoms with Crippen molar-refractivity contribution in [3.05, 3.63) is 118 Å². The van der Waals surface area contributed by atoms with Crippen molar-refractivity contribution in [2.24, 2.45) is 17.4 Å². The molecule has 2 aromatic heterocycles. The predicted molar refractivity (Wildman–Crippen MR) is 156 cm³/mol. The van der Waals surface area contributed by atoms with Crippen LogP contribution in [-0.2, 0) is 6.54 Å². The molecule has 2 aromatic rings. The highest BCUT2D eigenvalue weighted by Gasteiger charge is 2.19. The fraction of sp³-hybridized carbons (Fsp3) is 0.281. The average molecular weight is 523 g/mol. The maximum absolute atomic E-state index is 13.7. The van der Waals surface area contributed by atoms with Crippen molar-refractivity contribution in [3.63, 3.8) is 0 Å². The quantitative estimate of drug-likeness (QED) is 0.407. The lowest BCUT2D eigenvalue weighted by Gasteiger charge is -2.25. The minimum atomic E-state index is -0.384. The van der Waals surface area contributed by atoms with E-state index >= 15 is 0 Å². The molecular weight excluding hydrogens is 487 g/mol. The van der Waals surface area contributed by atoms with E-state index < -0.39 is 0 Å². The van der Waals surface area contributed by atoms with E-state index in [2.05, 4.69) is 51.3 Å². The van der Waals surface area contributed by atoms with Crippen molar-refractivity contribution in [2.75, 3.05) is 0 Å². The van der Waals surface area contributed by atoms with Crippen molar-refractivity contribution in [1.29, 1.82) is 5.41 Å². The molecule has 39 heavy (non-hydrogen) atoms. The van der Waals surface area contributed by atoms with Crippen LogP contribution >= 0.6 is 0 Å². The second kappa shape index (κ2) is 11.7. The lowest BCUT2D eigenvalue weighted by Crippen LogP contribution is -2.28. The molecule has 0 saturated heterocycles. The molecule has 5 rings (SSSR count). The van der Waals surface area contributed by atoms with Crippen LogP contribution in [0.1, 0.15) is 49.1 Å². The summed E-state index contributed by atoms with van der Waals surface area (Å²) >= 11 is 0. The van der Waals surface area contributed by atoms with E-state index in [1.54, 1.807) is 13.0 Å². The lowest BCUT2D eigenvalue weighted by atomic mass is 9.86. The number of allylic oxidation sites excluding steroid dienone is 13. The first-order valence-electron chi connectivity index (χ1n) is 13.5. The molecule has 0 spiro atoms. The normalized spacial score (nSPS) is 24.0. The van der Waals surface area contributed by atoms with Crippen LogP contribution in [0.2, 0.25) is 0 Å². The molecule has 200 valence electrons. The van der Waals surface area contributed by atoms with Gasteiger partial charge in [-0.05, 0) is 85.4 Å². The number of nitrogens with one attached hydrogen (secondary N) is 1. The van der Waals surface area contributed by atoms with Crippen molar-refractivity contribution in [1.82, 2.24) is 14.8 Å². The summed E-state index contributed by atoms with van der Waals surface area (Å²) in [5.41, 5.74) is 19.3. The summed E-state index contributed by atoms with van der Waals surface area (Å²) in [6, 6.07) is 3.25. The fourth-order valence-corrected chi connectivity index (χ4v) is 5.32. The first-order valence-corrected chi connectivity index (χ1v) is 13.5. The predicted octanol–water partition coefficient (Wildman–Crippen LogP) is 5.95. The zero-order valence-electron chi connectivity index (χ0n) is 22.3. The van der Waals surface area contributed by atoms with Gasteiger partial charge in [-0.2, -0.15) is 5.10 Å². The number of halogens is 1. The molecule has 6 nitrogen and oxygen atoms in total. The summed E-state index contributed by atoms with van der Waals surface area (Å²) in [6.07, 6.45) is 27.3. The molecule has 0 amide bonds. The molecule has 0 bridgehead atoms. The maximum Gasteiger partial charge on any atom is 0.144 e. The number of hydrogen-bond donors (Lipinski definition) is 3. The third kappa shape index (κ3) is 6.15. The number of pyridine rings is 1. The van der Waals surface area contributed by atoms with Gasteiger partial charge in [0.1, 0.15) is 5.82 Å². The SMILES string of the molecule is Cc1nc(C(N)=C(C=N)/C2=C\C=C\C3=CC(c4cnn(CC5CCC(N)CC5)c4)=CCC=C3C=C2)ccc1F. The van der Waals surface area contributed by atoms with Gasteiger partial charge in [0, 0.05) is 36.1 Å². The Morgan fingerprint density at radius 3 is 2.67 bits per heavy atom. The van der Waals surface area contributed by atoms with Crippen LogP contribution in [0.25, 0.3) is 11.3 Å².